The van der Waals surface area contributed by atoms with E-state index in [1.54, 1.807) is 0 Å². The van der Waals surface area contributed by atoms with Gasteiger partial charge in [-0.25, -0.2) is 0 Å². The average Bonchev–Trinajstić information content (AvgIpc) is 2.58. The smallest absolute Gasteiger partial charge is 0.166 e. The van der Waals surface area contributed by atoms with Gasteiger partial charge in [-0.1, -0.05) is 48.5 Å². The van der Waals surface area contributed by atoms with Crippen LogP contribution in [0.3, 0.4) is 0 Å². The van der Waals surface area contributed by atoms with Crippen LogP contribution in [0.1, 0.15) is 28.8 Å². The van der Waals surface area contributed by atoms with Crippen LogP contribution in [0.15, 0.2) is 54.6 Å². The van der Waals surface area contributed by atoms with Crippen LogP contribution >= 0.6 is 0 Å². The zero-order valence-corrected chi connectivity index (χ0v) is 12.7. The number of piperidine rings is 1. The second-order valence-corrected chi connectivity index (χ2v) is 5.98. The fraction of sp³-hybridized carbons (Fsp3) is 0.316. The Morgan fingerprint density at radius 3 is 2.32 bits per heavy atom. The van der Waals surface area contributed by atoms with E-state index in [1.165, 1.54) is 5.56 Å². The van der Waals surface area contributed by atoms with Crippen LogP contribution in [-0.2, 0) is 6.54 Å². The molecule has 0 aromatic heterocycles. The molecule has 22 heavy (non-hydrogen) atoms. The number of carbonyl (C=O) groups excluding carboxylic acids is 1. The molecule has 0 amide bonds. The van der Waals surface area contributed by atoms with Gasteiger partial charge in [0.2, 0.25) is 0 Å². The van der Waals surface area contributed by atoms with Gasteiger partial charge >= 0.3 is 0 Å². The maximum absolute atomic E-state index is 12.5. The number of likely N-dealkylation sites (tertiary alicyclic amines) is 1. The molecule has 2 aromatic carbocycles. The molecule has 0 radical (unpaired) electrons. The van der Waals surface area contributed by atoms with Crippen LogP contribution in [0, 0.1) is 5.92 Å². The monoisotopic (exact) mass is 294 g/mol. The summed E-state index contributed by atoms with van der Waals surface area (Å²) in [6.07, 6.45) is 1.86. The van der Waals surface area contributed by atoms with Crippen molar-refractivity contribution >= 4 is 11.5 Å². The summed E-state index contributed by atoms with van der Waals surface area (Å²) in [5.41, 5.74) is 8.88. The molecule has 0 unspecified atom stereocenters. The van der Waals surface area contributed by atoms with Crippen LogP contribution in [0.4, 0.5) is 5.69 Å². The minimum Gasteiger partial charge on any atom is -0.398 e. The number of hydrogen-bond donors (Lipinski definition) is 1. The molecule has 2 aromatic rings. The number of anilines is 1. The number of carbonyl (C=O) groups is 1. The molecular formula is C19H22N2O. The third kappa shape index (κ3) is 3.37. The van der Waals surface area contributed by atoms with Crippen molar-refractivity contribution < 1.29 is 4.79 Å². The maximum Gasteiger partial charge on any atom is 0.166 e. The minimum atomic E-state index is 0.159. The zero-order chi connectivity index (χ0) is 15.4. The number of nitrogen functional groups attached to an aromatic ring is 1. The molecule has 0 saturated carbocycles. The quantitative estimate of drug-likeness (QED) is 0.694. The first-order valence-corrected chi connectivity index (χ1v) is 7.89. The number of nitrogens with zero attached hydrogens (tertiary/aromatic N) is 1. The van der Waals surface area contributed by atoms with E-state index in [4.69, 9.17) is 5.73 Å². The number of Topliss-reactive ketones (excluding diaryl/α,β-unsaturated/α-hetero) is 1. The molecule has 0 aliphatic carbocycles. The second kappa shape index (κ2) is 6.75. The SMILES string of the molecule is Nc1ccccc1CN1CCC(C(=O)c2ccccc2)CC1. The van der Waals surface area contributed by atoms with Gasteiger partial charge in [0.15, 0.2) is 5.78 Å². The lowest BCUT2D eigenvalue weighted by Gasteiger charge is -2.31. The number of nitrogens with two attached hydrogens (primary N) is 1. The lowest BCUT2D eigenvalue weighted by molar-refractivity contribution is 0.0835. The Morgan fingerprint density at radius 1 is 1.00 bits per heavy atom. The van der Waals surface area contributed by atoms with Crippen LogP contribution in [0.25, 0.3) is 0 Å². The molecule has 1 aliphatic rings. The van der Waals surface area contributed by atoms with Crippen molar-refractivity contribution in [2.75, 3.05) is 18.8 Å². The van der Waals surface area contributed by atoms with E-state index in [9.17, 15) is 4.79 Å². The van der Waals surface area contributed by atoms with E-state index in [2.05, 4.69) is 11.0 Å². The summed E-state index contributed by atoms with van der Waals surface area (Å²) in [6, 6.07) is 17.7. The largest absolute Gasteiger partial charge is 0.398 e. The highest BCUT2D eigenvalue weighted by Crippen LogP contribution is 2.24. The standard InChI is InChI=1S/C19H22N2O/c20-18-9-5-4-8-17(18)14-21-12-10-16(11-13-21)19(22)15-6-2-1-3-7-15/h1-9,16H,10-14,20H2. The summed E-state index contributed by atoms with van der Waals surface area (Å²) < 4.78 is 0. The molecule has 1 aliphatic heterocycles. The van der Waals surface area contributed by atoms with Gasteiger partial charge in [0.1, 0.15) is 0 Å². The maximum atomic E-state index is 12.5. The second-order valence-electron chi connectivity index (χ2n) is 5.98. The van der Waals surface area contributed by atoms with Gasteiger partial charge in [0.25, 0.3) is 0 Å². The predicted octanol–water partition coefficient (Wildman–Crippen LogP) is 3.36. The molecular weight excluding hydrogens is 272 g/mol. The number of rotatable bonds is 4. The topological polar surface area (TPSA) is 46.3 Å². The average molecular weight is 294 g/mol. The highest BCUT2D eigenvalue weighted by Gasteiger charge is 2.25. The molecule has 1 heterocycles. The molecule has 0 bridgehead atoms. The van der Waals surface area contributed by atoms with Gasteiger partial charge in [-0.3, -0.25) is 9.69 Å². The first-order chi connectivity index (χ1) is 10.7. The van der Waals surface area contributed by atoms with Crippen molar-refractivity contribution in [3.63, 3.8) is 0 Å². The Balaban J connectivity index is 1.57. The van der Waals surface area contributed by atoms with Gasteiger partial charge in [0.05, 0.1) is 0 Å². The summed E-state index contributed by atoms with van der Waals surface area (Å²) in [5.74, 6) is 0.450. The molecule has 2 N–H and O–H groups in total. The lowest BCUT2D eigenvalue weighted by Crippen LogP contribution is -2.36. The Hall–Kier alpha value is -2.13. The number of ketones is 1. The van der Waals surface area contributed by atoms with E-state index in [0.717, 1.165) is 43.7 Å². The zero-order valence-electron chi connectivity index (χ0n) is 12.7. The Labute approximate surface area is 131 Å². The third-order valence-electron chi connectivity index (χ3n) is 4.47. The molecule has 0 spiro atoms. The van der Waals surface area contributed by atoms with Crippen LogP contribution in [0.2, 0.25) is 0 Å². The lowest BCUT2D eigenvalue weighted by atomic mass is 9.89. The van der Waals surface area contributed by atoms with Crippen LogP contribution in [0.5, 0.6) is 0 Å². The summed E-state index contributed by atoms with van der Waals surface area (Å²) in [6.45, 7) is 2.79. The van der Waals surface area contributed by atoms with Gasteiger partial charge in [0, 0.05) is 23.7 Å². The van der Waals surface area contributed by atoms with Crippen LogP contribution in [-0.4, -0.2) is 23.8 Å². The molecule has 1 saturated heterocycles. The van der Waals surface area contributed by atoms with Crippen LogP contribution < -0.4 is 5.73 Å². The summed E-state index contributed by atoms with van der Waals surface area (Å²) in [7, 11) is 0. The molecule has 1 fully saturated rings. The van der Waals surface area contributed by atoms with Crippen molar-refractivity contribution in [1.29, 1.82) is 0 Å². The number of para-hydroxylation sites is 1. The van der Waals surface area contributed by atoms with Crippen molar-refractivity contribution in [3.05, 3.63) is 65.7 Å². The number of benzene rings is 2. The molecule has 3 heteroatoms. The fourth-order valence-electron chi connectivity index (χ4n) is 3.11. The van der Waals surface area contributed by atoms with E-state index >= 15 is 0 Å². The van der Waals surface area contributed by atoms with E-state index in [-0.39, 0.29) is 5.92 Å². The highest BCUT2D eigenvalue weighted by molar-refractivity contribution is 5.97. The van der Waals surface area contributed by atoms with Gasteiger partial charge < -0.3 is 5.73 Å². The van der Waals surface area contributed by atoms with Crippen molar-refractivity contribution in [2.45, 2.75) is 19.4 Å². The van der Waals surface area contributed by atoms with Crippen molar-refractivity contribution in [2.24, 2.45) is 5.92 Å². The Morgan fingerprint density at radius 2 is 1.64 bits per heavy atom. The third-order valence-corrected chi connectivity index (χ3v) is 4.47. The first kappa shape index (κ1) is 14.8. The van der Waals surface area contributed by atoms with Crippen molar-refractivity contribution in [3.8, 4) is 0 Å². The van der Waals surface area contributed by atoms with Gasteiger partial charge in [-0.05, 0) is 37.6 Å². The van der Waals surface area contributed by atoms with Gasteiger partial charge in [-0.2, -0.15) is 0 Å². The number of hydrogen-bond acceptors (Lipinski definition) is 3. The van der Waals surface area contributed by atoms with Crippen molar-refractivity contribution in [1.82, 2.24) is 4.90 Å². The van der Waals surface area contributed by atoms with E-state index < -0.39 is 0 Å². The normalized spacial score (nSPS) is 16.5. The summed E-state index contributed by atoms with van der Waals surface area (Å²) in [4.78, 5) is 14.9. The van der Waals surface area contributed by atoms with E-state index in [0.29, 0.717) is 5.78 Å². The Bertz CT molecular complexity index is 631. The molecule has 3 nitrogen and oxygen atoms in total. The first-order valence-electron chi connectivity index (χ1n) is 7.89. The molecule has 0 atom stereocenters. The Kier molecular flexibility index (Phi) is 4.54. The minimum absolute atomic E-state index is 0.159. The molecule has 114 valence electrons. The highest BCUT2D eigenvalue weighted by atomic mass is 16.1. The fourth-order valence-corrected chi connectivity index (χ4v) is 3.11. The molecule has 3 rings (SSSR count). The van der Waals surface area contributed by atoms with Gasteiger partial charge in [-0.15, -0.1) is 0 Å². The summed E-state index contributed by atoms with van der Waals surface area (Å²) in [5, 5.41) is 0. The van der Waals surface area contributed by atoms with E-state index in [1.807, 2.05) is 48.5 Å². The summed E-state index contributed by atoms with van der Waals surface area (Å²) >= 11 is 0. The predicted molar refractivity (Wildman–Crippen MR) is 89.6 cm³/mol.